The van der Waals surface area contributed by atoms with Crippen molar-refractivity contribution in [2.45, 2.75) is 44.1 Å². The molecule has 4 radical (unpaired) electrons. The van der Waals surface area contributed by atoms with Crippen LogP contribution < -0.4 is 5.56 Å². The van der Waals surface area contributed by atoms with Gasteiger partial charge in [0.25, 0.3) is 5.56 Å². The van der Waals surface area contributed by atoms with Crippen LogP contribution in [-0.4, -0.2) is 41.3 Å². The summed E-state index contributed by atoms with van der Waals surface area (Å²) < 4.78 is 1.98. The van der Waals surface area contributed by atoms with E-state index in [1.54, 1.807) is 6.20 Å². The fraction of sp³-hybridized carbons (Fsp3) is 0.643. The molecule has 2 fully saturated rings. The number of H-pyrrole nitrogens is 1. The smallest absolute Gasteiger partial charge is 0.262 e. The van der Waals surface area contributed by atoms with Gasteiger partial charge in [0.05, 0.1) is 12.2 Å². The predicted octanol–water partition coefficient (Wildman–Crippen LogP) is 1.71. The third-order valence-corrected chi connectivity index (χ3v) is 4.49. The predicted molar refractivity (Wildman–Crippen MR) is 81.9 cm³/mol. The molecule has 3 heterocycles. The number of fused-ring (bicyclic) bond motifs is 1. The molecule has 22 heavy (non-hydrogen) atoms. The Morgan fingerprint density at radius 2 is 1.95 bits per heavy atom. The molecule has 1 saturated carbocycles. The van der Waals surface area contributed by atoms with Crippen LogP contribution in [0.25, 0.3) is 16.4 Å². The van der Waals surface area contributed by atoms with Crippen LogP contribution in [0.2, 0.25) is 0 Å². The molecule has 112 valence electrons. The van der Waals surface area contributed by atoms with Crippen LogP contribution in [0.15, 0.2) is 11.0 Å². The van der Waals surface area contributed by atoms with E-state index >= 15 is 0 Å². The number of rotatable bonds is 2. The van der Waals surface area contributed by atoms with E-state index in [4.69, 9.17) is 0 Å². The van der Waals surface area contributed by atoms with Crippen molar-refractivity contribution in [3.63, 3.8) is 0 Å². The molecule has 0 unspecified atom stereocenters. The van der Waals surface area contributed by atoms with Gasteiger partial charge in [-0.15, -0.1) is 13.1 Å². The summed E-state index contributed by atoms with van der Waals surface area (Å²) in [5, 5.41) is 9.24. The first-order valence-corrected chi connectivity index (χ1v) is 7.43. The topological polar surface area (TPSA) is 77.7 Å². The standard InChI is InChI=1S/C14H18N5O.B.Y/c20-14-11-8-16-19(10-4-2-1-3-5-10)13(11)17-12(18-14)9-6-15-7-9;;/h8-10H,1-7H2,(H,17,18,20);;/q-1;;. The maximum absolute atomic E-state index is 12.2. The molecule has 1 aliphatic heterocycles. The SMILES string of the molecule is O=c1[nH]c(C2C[N-]C2)nc2c1cnn2C1CCCCC1.[B].[Y]. The summed E-state index contributed by atoms with van der Waals surface area (Å²) in [7, 11) is 0. The molecule has 1 N–H and O–H groups in total. The molecule has 0 aromatic carbocycles. The van der Waals surface area contributed by atoms with E-state index in [1.165, 1.54) is 19.3 Å². The normalized spacial score (nSPS) is 19.3. The van der Waals surface area contributed by atoms with Crippen molar-refractivity contribution in [3.8, 4) is 0 Å². The van der Waals surface area contributed by atoms with Crippen molar-refractivity contribution in [2.24, 2.45) is 0 Å². The largest absolute Gasteiger partial charge is 0.661 e. The van der Waals surface area contributed by atoms with E-state index in [0.717, 1.165) is 37.4 Å². The molecular weight excluding hydrogens is 354 g/mol. The summed E-state index contributed by atoms with van der Waals surface area (Å²) in [6, 6.07) is 0.398. The van der Waals surface area contributed by atoms with Gasteiger partial charge in [-0.05, 0) is 18.8 Å². The average molecular weight is 372 g/mol. The molecule has 2 aromatic heterocycles. The summed E-state index contributed by atoms with van der Waals surface area (Å²) in [4.78, 5) is 19.7. The minimum Gasteiger partial charge on any atom is -0.661 e. The Bertz CT molecular complexity index is 690. The van der Waals surface area contributed by atoms with E-state index in [9.17, 15) is 4.79 Å². The number of hydrogen-bond acceptors (Lipinski definition) is 3. The van der Waals surface area contributed by atoms with Crippen LogP contribution in [0.1, 0.15) is 49.9 Å². The number of nitrogens with one attached hydrogen (secondary N) is 1. The second-order valence-electron chi connectivity index (χ2n) is 5.86. The fourth-order valence-corrected chi connectivity index (χ4v) is 3.17. The Hall–Kier alpha value is -0.521. The number of aromatic amines is 1. The van der Waals surface area contributed by atoms with Crippen molar-refractivity contribution in [3.05, 3.63) is 27.7 Å². The Balaban J connectivity index is 0.000000882. The average Bonchev–Trinajstić information content (AvgIpc) is 2.82. The van der Waals surface area contributed by atoms with Gasteiger partial charge in [-0.2, -0.15) is 5.10 Å². The fourth-order valence-electron chi connectivity index (χ4n) is 3.17. The first-order chi connectivity index (χ1) is 9.83. The van der Waals surface area contributed by atoms with Gasteiger partial charge >= 0.3 is 0 Å². The Morgan fingerprint density at radius 1 is 1.23 bits per heavy atom. The first-order valence-electron chi connectivity index (χ1n) is 7.43. The van der Waals surface area contributed by atoms with Gasteiger partial charge in [0, 0.05) is 41.1 Å². The van der Waals surface area contributed by atoms with Crippen LogP contribution in [0, 0.1) is 0 Å². The van der Waals surface area contributed by atoms with Crippen LogP contribution in [-0.2, 0) is 32.7 Å². The molecule has 1 saturated heterocycles. The van der Waals surface area contributed by atoms with E-state index in [1.807, 2.05) is 4.68 Å². The Kier molecular flexibility index (Phi) is 5.97. The molecule has 0 amide bonds. The number of aromatic nitrogens is 4. The minimum atomic E-state index is -0.0704. The summed E-state index contributed by atoms with van der Waals surface area (Å²) >= 11 is 0. The zero-order valence-electron chi connectivity index (χ0n) is 12.5. The van der Waals surface area contributed by atoms with E-state index in [0.29, 0.717) is 11.4 Å². The number of nitrogens with zero attached hydrogens (tertiary/aromatic N) is 4. The van der Waals surface area contributed by atoms with Gasteiger partial charge in [0.1, 0.15) is 11.2 Å². The molecule has 8 heteroatoms. The zero-order chi connectivity index (χ0) is 13.5. The van der Waals surface area contributed by atoms with Gasteiger partial charge in [-0.3, -0.25) is 4.79 Å². The van der Waals surface area contributed by atoms with Crippen molar-refractivity contribution in [2.75, 3.05) is 13.1 Å². The van der Waals surface area contributed by atoms with Crippen molar-refractivity contribution in [1.29, 1.82) is 0 Å². The van der Waals surface area contributed by atoms with E-state index in [-0.39, 0.29) is 52.6 Å². The van der Waals surface area contributed by atoms with Crippen LogP contribution >= 0.6 is 0 Å². The Labute approximate surface area is 156 Å². The quantitative estimate of drug-likeness (QED) is 0.816. The van der Waals surface area contributed by atoms with Gasteiger partial charge in [-0.25, -0.2) is 9.67 Å². The summed E-state index contributed by atoms with van der Waals surface area (Å²) in [5.41, 5.74) is 0.682. The molecule has 1 aliphatic carbocycles. The van der Waals surface area contributed by atoms with Gasteiger partial charge in [0.15, 0.2) is 5.65 Å². The Morgan fingerprint density at radius 3 is 2.59 bits per heavy atom. The first kappa shape index (κ1) is 17.8. The molecule has 6 nitrogen and oxygen atoms in total. The van der Waals surface area contributed by atoms with Crippen LogP contribution in [0.5, 0.6) is 0 Å². The van der Waals surface area contributed by atoms with Crippen LogP contribution in [0.3, 0.4) is 0 Å². The second kappa shape index (κ2) is 7.37. The molecule has 2 aliphatic rings. The second-order valence-corrected chi connectivity index (χ2v) is 5.86. The van der Waals surface area contributed by atoms with Crippen molar-refractivity contribution >= 4 is 19.4 Å². The molecule has 2 aromatic rings. The third-order valence-electron chi connectivity index (χ3n) is 4.49. The van der Waals surface area contributed by atoms with Crippen molar-refractivity contribution in [1.82, 2.24) is 19.7 Å². The maximum atomic E-state index is 12.2. The molecular formula is C14H18BN5OY-. The summed E-state index contributed by atoms with van der Waals surface area (Å²) in [6.45, 7) is 1.54. The van der Waals surface area contributed by atoms with Gasteiger partial charge in [-0.1, -0.05) is 19.3 Å². The van der Waals surface area contributed by atoms with Crippen LogP contribution in [0.4, 0.5) is 0 Å². The minimum absolute atomic E-state index is 0. The van der Waals surface area contributed by atoms with E-state index in [2.05, 4.69) is 20.4 Å². The summed E-state index contributed by atoms with van der Waals surface area (Å²) in [6.07, 6.45) is 7.72. The molecule has 4 rings (SSSR count). The summed E-state index contributed by atoms with van der Waals surface area (Å²) in [5.74, 6) is 1.05. The molecule has 0 bridgehead atoms. The van der Waals surface area contributed by atoms with Crippen molar-refractivity contribution < 1.29 is 32.7 Å². The van der Waals surface area contributed by atoms with Gasteiger partial charge in [0.2, 0.25) is 0 Å². The number of hydrogen-bond donors (Lipinski definition) is 1. The zero-order valence-corrected chi connectivity index (χ0v) is 15.4. The maximum Gasteiger partial charge on any atom is 0.262 e. The van der Waals surface area contributed by atoms with E-state index < -0.39 is 0 Å². The third kappa shape index (κ3) is 3.08. The van der Waals surface area contributed by atoms with Gasteiger partial charge < -0.3 is 10.3 Å². The monoisotopic (exact) mass is 372 g/mol. The molecule has 0 spiro atoms. The molecule has 0 atom stereocenters.